The highest BCUT2D eigenvalue weighted by atomic mass is 35.5. The van der Waals surface area contributed by atoms with Crippen LogP contribution in [0.4, 0.5) is 0 Å². The molecule has 0 saturated heterocycles. The number of hydrogen-bond donors (Lipinski definition) is 0. The Kier molecular flexibility index (Phi) is 5.17. The summed E-state index contributed by atoms with van der Waals surface area (Å²) in [6.07, 6.45) is 1.82. The third-order valence-electron chi connectivity index (χ3n) is 2.92. The summed E-state index contributed by atoms with van der Waals surface area (Å²) >= 11 is 5.84. The zero-order valence-corrected chi connectivity index (χ0v) is 13.0. The summed E-state index contributed by atoms with van der Waals surface area (Å²) in [5, 5.41) is 0.456. The topological polar surface area (TPSA) is 56.5 Å². The first-order valence-corrected chi connectivity index (χ1v) is 7.08. The van der Waals surface area contributed by atoms with Crippen molar-refractivity contribution in [3.05, 3.63) is 64.6 Å². The van der Waals surface area contributed by atoms with Crippen LogP contribution < -0.4 is 0 Å². The first-order valence-electron chi connectivity index (χ1n) is 6.70. The molecule has 1 aromatic carbocycles. The Balaban J connectivity index is 1.96. The number of ketones is 1. The number of halogens is 1. The smallest absolute Gasteiger partial charge is 0.331 e. The molecule has 0 fully saturated rings. The van der Waals surface area contributed by atoms with Crippen LogP contribution in [0.3, 0.4) is 0 Å². The predicted molar refractivity (Wildman–Crippen MR) is 83.8 cm³/mol. The molecule has 0 radical (unpaired) electrons. The zero-order valence-electron chi connectivity index (χ0n) is 12.2. The van der Waals surface area contributed by atoms with Crippen molar-refractivity contribution >= 4 is 29.4 Å². The molecule has 22 heavy (non-hydrogen) atoms. The molecule has 0 spiro atoms. The van der Waals surface area contributed by atoms with Crippen molar-refractivity contribution in [2.24, 2.45) is 0 Å². The van der Waals surface area contributed by atoms with Crippen molar-refractivity contribution in [1.82, 2.24) is 0 Å². The van der Waals surface area contributed by atoms with Gasteiger partial charge in [0.2, 0.25) is 5.78 Å². The maximum absolute atomic E-state index is 12.1. The van der Waals surface area contributed by atoms with E-state index in [0.29, 0.717) is 16.3 Å². The van der Waals surface area contributed by atoms with E-state index in [4.69, 9.17) is 20.8 Å². The lowest BCUT2D eigenvalue weighted by atomic mass is 10.1. The largest absolute Gasteiger partial charge is 0.462 e. The van der Waals surface area contributed by atoms with Gasteiger partial charge in [0.25, 0.3) is 0 Å². The second-order valence-electron chi connectivity index (χ2n) is 4.74. The highest BCUT2D eigenvalue weighted by Crippen LogP contribution is 2.14. The monoisotopic (exact) mass is 318 g/mol. The van der Waals surface area contributed by atoms with Crippen molar-refractivity contribution in [3.63, 3.8) is 0 Å². The molecule has 1 atom stereocenters. The zero-order chi connectivity index (χ0) is 16.1. The van der Waals surface area contributed by atoms with Crippen molar-refractivity contribution < 1.29 is 18.7 Å². The number of hydrogen-bond acceptors (Lipinski definition) is 4. The van der Waals surface area contributed by atoms with Gasteiger partial charge in [-0.3, -0.25) is 4.79 Å². The number of Topliss-reactive ketones (excluding diaryl/α,β-unsaturated/α-hetero) is 1. The van der Waals surface area contributed by atoms with Gasteiger partial charge < -0.3 is 9.15 Å². The molecule has 1 heterocycles. The molecule has 0 amide bonds. The Morgan fingerprint density at radius 1 is 1.27 bits per heavy atom. The maximum Gasteiger partial charge on any atom is 0.331 e. The number of esters is 1. The maximum atomic E-state index is 12.1. The number of aryl methyl sites for hydroxylation is 1. The van der Waals surface area contributed by atoms with Gasteiger partial charge in [-0.2, -0.15) is 0 Å². The molecule has 0 unspecified atom stereocenters. The number of furan rings is 1. The molecule has 0 bridgehead atoms. The van der Waals surface area contributed by atoms with Crippen molar-refractivity contribution in [1.29, 1.82) is 0 Å². The quantitative estimate of drug-likeness (QED) is 0.474. The minimum atomic E-state index is -0.894. The van der Waals surface area contributed by atoms with Gasteiger partial charge in [0.1, 0.15) is 11.5 Å². The molecule has 5 heteroatoms. The fourth-order valence-corrected chi connectivity index (χ4v) is 2.03. The van der Waals surface area contributed by atoms with Crippen molar-refractivity contribution in [2.75, 3.05) is 0 Å². The molecule has 1 aromatic heterocycles. The number of carbonyl (C=O) groups excluding carboxylic acids is 2. The molecular weight excluding hydrogens is 304 g/mol. The third kappa shape index (κ3) is 4.33. The van der Waals surface area contributed by atoms with Gasteiger partial charge in [-0.1, -0.05) is 23.7 Å². The van der Waals surface area contributed by atoms with E-state index in [1.54, 1.807) is 37.3 Å². The molecule has 2 rings (SSSR count). The molecular formula is C17H15ClO4. The van der Waals surface area contributed by atoms with Crippen LogP contribution in [0.25, 0.3) is 6.08 Å². The van der Waals surface area contributed by atoms with E-state index in [9.17, 15) is 9.59 Å². The van der Waals surface area contributed by atoms with Gasteiger partial charge >= 0.3 is 5.97 Å². The van der Waals surface area contributed by atoms with Crippen LogP contribution in [0.1, 0.15) is 28.8 Å². The van der Waals surface area contributed by atoms with E-state index in [1.165, 1.54) is 25.1 Å². The van der Waals surface area contributed by atoms with Crippen molar-refractivity contribution in [2.45, 2.75) is 20.0 Å². The van der Waals surface area contributed by atoms with Gasteiger partial charge in [-0.05, 0) is 44.2 Å². The van der Waals surface area contributed by atoms with Crippen LogP contribution >= 0.6 is 11.6 Å². The average Bonchev–Trinajstić information content (AvgIpc) is 2.90. The minimum Gasteiger partial charge on any atom is -0.462 e. The molecule has 0 aliphatic heterocycles. The van der Waals surface area contributed by atoms with Gasteiger partial charge in [-0.25, -0.2) is 4.79 Å². The molecule has 0 aliphatic carbocycles. The summed E-state index contributed by atoms with van der Waals surface area (Å²) in [5.74, 6) is 0.371. The second-order valence-corrected chi connectivity index (χ2v) is 5.17. The van der Waals surface area contributed by atoms with Crippen LogP contribution in [-0.4, -0.2) is 17.9 Å². The Labute approximate surface area is 133 Å². The Bertz CT molecular complexity index is 715. The second kappa shape index (κ2) is 7.09. The van der Waals surface area contributed by atoms with Gasteiger partial charge in [0, 0.05) is 16.7 Å². The number of ether oxygens (including phenoxy) is 1. The van der Waals surface area contributed by atoms with E-state index < -0.39 is 12.1 Å². The summed E-state index contributed by atoms with van der Waals surface area (Å²) in [7, 11) is 0. The first-order chi connectivity index (χ1) is 10.5. The Hall–Kier alpha value is -2.33. The van der Waals surface area contributed by atoms with E-state index in [-0.39, 0.29) is 5.78 Å². The average molecular weight is 319 g/mol. The van der Waals surface area contributed by atoms with Crippen molar-refractivity contribution in [3.8, 4) is 0 Å². The molecule has 114 valence electrons. The van der Waals surface area contributed by atoms with E-state index in [1.807, 2.05) is 0 Å². The molecule has 4 nitrogen and oxygen atoms in total. The van der Waals surface area contributed by atoms with Crippen LogP contribution in [-0.2, 0) is 9.53 Å². The Morgan fingerprint density at radius 3 is 2.68 bits per heavy atom. The minimum absolute atomic E-state index is 0.307. The fourth-order valence-electron chi connectivity index (χ4n) is 1.84. The molecule has 0 N–H and O–H groups in total. The lowest BCUT2D eigenvalue weighted by Gasteiger charge is -2.10. The summed E-state index contributed by atoms with van der Waals surface area (Å²) in [5.41, 5.74) is 0.401. The summed E-state index contributed by atoms with van der Waals surface area (Å²) in [4.78, 5) is 23.8. The van der Waals surface area contributed by atoms with Gasteiger partial charge in [-0.15, -0.1) is 0 Å². The number of carbonyl (C=O) groups is 2. The number of rotatable bonds is 5. The summed E-state index contributed by atoms with van der Waals surface area (Å²) in [6, 6.07) is 10.0. The van der Waals surface area contributed by atoms with E-state index >= 15 is 0 Å². The normalized spacial score (nSPS) is 12.3. The summed E-state index contributed by atoms with van der Waals surface area (Å²) in [6.45, 7) is 3.33. The van der Waals surface area contributed by atoms with Crippen LogP contribution in [0, 0.1) is 6.92 Å². The molecule has 2 aromatic rings. The lowest BCUT2D eigenvalue weighted by Crippen LogP contribution is -2.23. The lowest BCUT2D eigenvalue weighted by molar-refractivity contribution is -0.140. The van der Waals surface area contributed by atoms with Crippen LogP contribution in [0.5, 0.6) is 0 Å². The highest BCUT2D eigenvalue weighted by molar-refractivity contribution is 6.31. The fraction of sp³-hybridized carbons (Fsp3) is 0.176. The van der Waals surface area contributed by atoms with E-state index in [2.05, 4.69) is 0 Å². The third-order valence-corrected chi connectivity index (χ3v) is 3.15. The summed E-state index contributed by atoms with van der Waals surface area (Å²) < 4.78 is 10.4. The molecule has 0 saturated carbocycles. The predicted octanol–water partition coefficient (Wildman–Crippen LogP) is 4.07. The van der Waals surface area contributed by atoms with E-state index in [0.717, 1.165) is 5.76 Å². The number of benzene rings is 1. The van der Waals surface area contributed by atoms with Crippen LogP contribution in [0.2, 0.25) is 5.02 Å². The SMILES string of the molecule is Cc1ccc(/C=C/C(=O)O[C@@H](C)C(=O)c2cccc(Cl)c2)o1. The Morgan fingerprint density at radius 2 is 2.05 bits per heavy atom. The highest BCUT2D eigenvalue weighted by Gasteiger charge is 2.18. The molecule has 0 aliphatic rings. The van der Waals surface area contributed by atoms with Gasteiger partial charge in [0.05, 0.1) is 0 Å². The van der Waals surface area contributed by atoms with Gasteiger partial charge in [0.15, 0.2) is 6.10 Å². The first kappa shape index (κ1) is 16.0. The van der Waals surface area contributed by atoms with Crippen LogP contribution in [0.15, 0.2) is 46.9 Å². The standard InChI is InChI=1S/C17H15ClO4/c1-11-6-7-15(21-11)8-9-16(19)22-12(2)17(20)13-4-3-5-14(18)10-13/h3-10,12H,1-2H3/b9-8+/t12-/m0/s1.